The summed E-state index contributed by atoms with van der Waals surface area (Å²) in [6, 6.07) is 14.8. The molecule has 0 radical (unpaired) electrons. The van der Waals surface area contributed by atoms with Gasteiger partial charge in [-0.05, 0) is 30.2 Å². The first-order valence-electron chi connectivity index (χ1n) is 6.24. The molecular weight excluding hydrogens is 252 g/mol. The van der Waals surface area contributed by atoms with Crippen molar-refractivity contribution in [1.82, 2.24) is 5.43 Å². The van der Waals surface area contributed by atoms with Gasteiger partial charge >= 0.3 is 0 Å². The third-order valence-corrected chi connectivity index (χ3v) is 2.91. The first-order valence-corrected chi connectivity index (χ1v) is 6.24. The first kappa shape index (κ1) is 13.8. The molecule has 0 saturated heterocycles. The second kappa shape index (κ2) is 6.52. The molecule has 0 aliphatic heterocycles. The van der Waals surface area contributed by atoms with Crippen LogP contribution in [0.3, 0.4) is 0 Å². The summed E-state index contributed by atoms with van der Waals surface area (Å²) in [6.45, 7) is 1.99. The van der Waals surface area contributed by atoms with Crippen LogP contribution in [-0.4, -0.2) is 19.2 Å². The van der Waals surface area contributed by atoms with E-state index < -0.39 is 0 Å². The van der Waals surface area contributed by atoms with Gasteiger partial charge in [0.2, 0.25) is 0 Å². The van der Waals surface area contributed by atoms with E-state index >= 15 is 0 Å². The monoisotopic (exact) mass is 268 g/mol. The van der Waals surface area contributed by atoms with Crippen LogP contribution in [0.25, 0.3) is 0 Å². The number of hydrogen-bond acceptors (Lipinski definition) is 3. The molecule has 0 aliphatic rings. The van der Waals surface area contributed by atoms with Crippen LogP contribution in [0.4, 0.5) is 0 Å². The van der Waals surface area contributed by atoms with E-state index in [1.807, 2.05) is 37.3 Å². The van der Waals surface area contributed by atoms with Crippen molar-refractivity contribution in [2.24, 2.45) is 5.10 Å². The number of amides is 1. The summed E-state index contributed by atoms with van der Waals surface area (Å²) in [6.07, 6.45) is 1.63. The smallest absolute Gasteiger partial charge is 0.275 e. The molecule has 0 atom stereocenters. The normalized spacial score (nSPS) is 10.5. The molecule has 1 N–H and O–H groups in total. The van der Waals surface area contributed by atoms with Gasteiger partial charge in [-0.25, -0.2) is 5.43 Å². The molecule has 4 heteroatoms. The minimum absolute atomic E-state index is 0.299. The van der Waals surface area contributed by atoms with Gasteiger partial charge in [0.25, 0.3) is 5.91 Å². The fourth-order valence-corrected chi connectivity index (χ4v) is 1.78. The lowest BCUT2D eigenvalue weighted by Crippen LogP contribution is -2.18. The number of hydrogen-bond donors (Lipinski definition) is 1. The maximum Gasteiger partial charge on any atom is 0.275 e. The minimum Gasteiger partial charge on any atom is -0.496 e. The Bertz CT molecular complexity index is 636. The van der Waals surface area contributed by atoms with Crippen LogP contribution in [-0.2, 0) is 0 Å². The molecular formula is C16H16N2O2. The molecule has 0 bridgehead atoms. The quantitative estimate of drug-likeness (QED) is 0.684. The molecule has 20 heavy (non-hydrogen) atoms. The topological polar surface area (TPSA) is 50.7 Å². The van der Waals surface area contributed by atoms with E-state index in [-0.39, 0.29) is 5.91 Å². The zero-order valence-electron chi connectivity index (χ0n) is 11.5. The predicted octanol–water partition coefficient (Wildman–Crippen LogP) is 2.77. The molecule has 0 heterocycles. The molecule has 2 aromatic carbocycles. The highest BCUT2D eigenvalue weighted by Gasteiger charge is 2.09. The lowest BCUT2D eigenvalue weighted by molar-refractivity contribution is 0.0952. The maximum absolute atomic E-state index is 12.0. The average molecular weight is 268 g/mol. The van der Waals surface area contributed by atoms with Gasteiger partial charge in [-0.2, -0.15) is 5.10 Å². The number of nitrogens with one attached hydrogen (secondary N) is 1. The lowest BCUT2D eigenvalue weighted by Gasteiger charge is -2.06. The summed E-state index contributed by atoms with van der Waals surface area (Å²) < 4.78 is 5.14. The van der Waals surface area contributed by atoms with Crippen molar-refractivity contribution in [3.63, 3.8) is 0 Å². The van der Waals surface area contributed by atoms with Crippen molar-refractivity contribution < 1.29 is 9.53 Å². The molecule has 0 fully saturated rings. The van der Waals surface area contributed by atoms with Crippen LogP contribution >= 0.6 is 0 Å². The van der Waals surface area contributed by atoms with E-state index in [1.165, 1.54) is 7.11 Å². The predicted molar refractivity (Wildman–Crippen MR) is 79.2 cm³/mol. The number of carbonyl (C=O) groups excluding carboxylic acids is 1. The minimum atomic E-state index is -0.299. The summed E-state index contributed by atoms with van der Waals surface area (Å²) in [7, 11) is 1.53. The molecule has 1 amide bonds. The second-order valence-electron chi connectivity index (χ2n) is 4.26. The van der Waals surface area contributed by atoms with Crippen LogP contribution in [0.1, 0.15) is 21.5 Å². The number of para-hydroxylation sites is 1. The van der Waals surface area contributed by atoms with Gasteiger partial charge in [0, 0.05) is 0 Å². The average Bonchev–Trinajstić information content (AvgIpc) is 2.49. The van der Waals surface area contributed by atoms with Gasteiger partial charge in [-0.15, -0.1) is 0 Å². The number of hydrazone groups is 1. The molecule has 0 saturated carbocycles. The lowest BCUT2D eigenvalue weighted by atomic mass is 10.1. The highest BCUT2D eigenvalue weighted by Crippen LogP contribution is 2.16. The Morgan fingerprint density at radius 1 is 1.15 bits per heavy atom. The van der Waals surface area contributed by atoms with Crippen molar-refractivity contribution in [1.29, 1.82) is 0 Å². The molecule has 2 aromatic rings. The number of carbonyl (C=O) groups is 1. The molecule has 2 rings (SSSR count). The first-order chi connectivity index (χ1) is 9.72. The van der Waals surface area contributed by atoms with Crippen LogP contribution in [0.5, 0.6) is 5.75 Å². The van der Waals surface area contributed by atoms with Gasteiger partial charge in [0.05, 0.1) is 18.9 Å². The van der Waals surface area contributed by atoms with Crippen LogP contribution < -0.4 is 10.2 Å². The molecule has 102 valence electrons. The van der Waals surface area contributed by atoms with E-state index in [1.54, 1.807) is 24.4 Å². The molecule has 0 aromatic heterocycles. The summed E-state index contributed by atoms with van der Waals surface area (Å²) in [5, 5.41) is 3.97. The Labute approximate surface area is 118 Å². The fourth-order valence-electron chi connectivity index (χ4n) is 1.78. The highest BCUT2D eigenvalue weighted by atomic mass is 16.5. The number of methoxy groups -OCH3 is 1. The van der Waals surface area contributed by atoms with Crippen LogP contribution in [0.15, 0.2) is 53.6 Å². The van der Waals surface area contributed by atoms with Gasteiger partial charge in [0.1, 0.15) is 5.75 Å². The largest absolute Gasteiger partial charge is 0.496 e. The summed E-state index contributed by atoms with van der Waals surface area (Å²) in [5.74, 6) is 0.225. The Hall–Kier alpha value is -2.62. The van der Waals surface area contributed by atoms with Gasteiger partial charge < -0.3 is 4.74 Å². The standard InChI is InChI=1S/C16H16N2O2/c1-12-7-3-4-8-13(12)11-17-18-16(19)14-9-5-6-10-15(14)20-2/h3-11H,1-2H3,(H,18,19). The van der Waals surface area contributed by atoms with E-state index in [0.29, 0.717) is 11.3 Å². The third-order valence-electron chi connectivity index (χ3n) is 2.91. The van der Waals surface area contributed by atoms with Gasteiger partial charge in [-0.3, -0.25) is 4.79 Å². The number of benzene rings is 2. The SMILES string of the molecule is COc1ccccc1C(=O)NN=Cc1ccccc1C. The number of rotatable bonds is 4. The molecule has 0 spiro atoms. The van der Waals surface area contributed by atoms with Crippen molar-refractivity contribution in [2.75, 3.05) is 7.11 Å². The summed E-state index contributed by atoms with van der Waals surface area (Å²) in [4.78, 5) is 12.0. The molecule has 4 nitrogen and oxygen atoms in total. The van der Waals surface area contributed by atoms with Crippen molar-refractivity contribution in [3.8, 4) is 5.75 Å². The van der Waals surface area contributed by atoms with E-state index in [2.05, 4.69) is 10.5 Å². The Kier molecular flexibility index (Phi) is 4.50. The Morgan fingerprint density at radius 2 is 1.85 bits per heavy atom. The zero-order valence-corrected chi connectivity index (χ0v) is 11.5. The molecule has 0 unspecified atom stereocenters. The van der Waals surface area contributed by atoms with Crippen LogP contribution in [0, 0.1) is 6.92 Å². The van der Waals surface area contributed by atoms with Gasteiger partial charge in [0.15, 0.2) is 0 Å². The molecule has 0 aliphatic carbocycles. The number of nitrogens with zero attached hydrogens (tertiary/aromatic N) is 1. The fraction of sp³-hybridized carbons (Fsp3) is 0.125. The van der Waals surface area contributed by atoms with Gasteiger partial charge in [-0.1, -0.05) is 36.4 Å². The highest BCUT2D eigenvalue weighted by molar-refractivity contribution is 5.97. The van der Waals surface area contributed by atoms with Crippen LogP contribution in [0.2, 0.25) is 0 Å². The number of ether oxygens (including phenoxy) is 1. The zero-order chi connectivity index (χ0) is 14.4. The van der Waals surface area contributed by atoms with E-state index in [9.17, 15) is 4.79 Å². The number of aryl methyl sites for hydroxylation is 1. The van der Waals surface area contributed by atoms with E-state index in [4.69, 9.17) is 4.74 Å². The Balaban J connectivity index is 2.07. The summed E-state index contributed by atoms with van der Waals surface area (Å²) >= 11 is 0. The van der Waals surface area contributed by atoms with Crippen molar-refractivity contribution >= 4 is 12.1 Å². The second-order valence-corrected chi connectivity index (χ2v) is 4.26. The van der Waals surface area contributed by atoms with Crippen molar-refractivity contribution in [2.45, 2.75) is 6.92 Å². The maximum atomic E-state index is 12.0. The Morgan fingerprint density at radius 3 is 2.60 bits per heavy atom. The summed E-state index contributed by atoms with van der Waals surface area (Å²) in [5.41, 5.74) is 5.02. The van der Waals surface area contributed by atoms with Crippen molar-refractivity contribution in [3.05, 3.63) is 65.2 Å². The third kappa shape index (κ3) is 3.23. The van der Waals surface area contributed by atoms with E-state index in [0.717, 1.165) is 11.1 Å².